The number of guanidine groups is 1. The molecule has 0 aliphatic heterocycles. The van der Waals surface area contributed by atoms with Crippen molar-refractivity contribution in [2.75, 3.05) is 11.9 Å². The monoisotopic (exact) mass is 472 g/mol. The first-order chi connectivity index (χ1) is 10.8. The Morgan fingerprint density at radius 1 is 1.42 bits per heavy atom. The number of anilines is 1. The summed E-state index contributed by atoms with van der Waals surface area (Å²) in [5.41, 5.74) is 5.82. The largest absolute Gasteiger partial charge is 0.573 e. The number of hydrogen-bond donors (Lipinski definition) is 2. The number of alkyl halides is 3. The van der Waals surface area contributed by atoms with Gasteiger partial charge in [-0.25, -0.2) is 4.98 Å². The number of aliphatic imine (C=N–C) groups is 1. The van der Waals surface area contributed by atoms with Crippen molar-refractivity contribution >= 4 is 47.0 Å². The predicted octanol–water partition coefficient (Wildman–Crippen LogP) is 4.19. The van der Waals surface area contributed by atoms with Gasteiger partial charge >= 0.3 is 6.36 Å². The Hall–Kier alpha value is -1.56. The van der Waals surface area contributed by atoms with Gasteiger partial charge in [-0.3, -0.25) is 4.99 Å². The van der Waals surface area contributed by atoms with Crippen LogP contribution < -0.4 is 15.8 Å². The summed E-state index contributed by atoms with van der Waals surface area (Å²) in [4.78, 5) is 8.30. The normalized spacial score (nSPS) is 13.1. The van der Waals surface area contributed by atoms with Gasteiger partial charge in [-0.2, -0.15) is 0 Å². The summed E-state index contributed by atoms with van der Waals surface area (Å²) in [5, 5.41) is 5.40. The van der Waals surface area contributed by atoms with Crippen molar-refractivity contribution in [1.82, 2.24) is 4.98 Å². The highest BCUT2D eigenvalue weighted by molar-refractivity contribution is 14.0. The van der Waals surface area contributed by atoms with Crippen molar-refractivity contribution in [1.29, 1.82) is 0 Å². The van der Waals surface area contributed by atoms with Gasteiger partial charge in [0.2, 0.25) is 0 Å². The van der Waals surface area contributed by atoms with Crippen LogP contribution in [0.5, 0.6) is 5.75 Å². The fraction of sp³-hybridized carbons (Fsp3) is 0.286. The van der Waals surface area contributed by atoms with Crippen molar-refractivity contribution in [3.63, 3.8) is 0 Å². The van der Waals surface area contributed by atoms with E-state index in [1.165, 1.54) is 29.5 Å². The van der Waals surface area contributed by atoms with Gasteiger partial charge in [-0.1, -0.05) is 19.1 Å². The minimum Gasteiger partial charge on any atom is -0.404 e. The Bertz CT molecular complexity index is 664. The molecule has 132 valence electrons. The first-order valence-electron chi connectivity index (χ1n) is 6.66. The van der Waals surface area contributed by atoms with Gasteiger partial charge in [0.15, 0.2) is 11.7 Å². The number of nitrogens with zero attached hydrogens (tertiary/aromatic N) is 2. The molecule has 0 radical (unpaired) electrons. The highest BCUT2D eigenvalue weighted by Gasteiger charge is 2.32. The fourth-order valence-electron chi connectivity index (χ4n) is 1.75. The number of thiazole rings is 1. The first-order valence-corrected chi connectivity index (χ1v) is 7.54. The van der Waals surface area contributed by atoms with Crippen LogP contribution in [0.1, 0.15) is 17.8 Å². The zero-order valence-electron chi connectivity index (χ0n) is 12.6. The quantitative estimate of drug-likeness (QED) is 0.389. The summed E-state index contributed by atoms with van der Waals surface area (Å²) in [5.74, 6) is -0.297. The second-order valence-corrected chi connectivity index (χ2v) is 5.59. The van der Waals surface area contributed by atoms with Crippen LogP contribution in [0.3, 0.4) is 0 Å². The third-order valence-electron chi connectivity index (χ3n) is 2.78. The number of benzene rings is 1. The lowest BCUT2D eigenvalue weighted by Gasteiger charge is -2.14. The maximum atomic E-state index is 12.4. The molecule has 0 saturated heterocycles. The number of hydrogen-bond acceptors (Lipinski definition) is 4. The summed E-state index contributed by atoms with van der Waals surface area (Å²) < 4.78 is 41.0. The van der Waals surface area contributed by atoms with Gasteiger partial charge in [0.05, 0.1) is 17.2 Å². The molecule has 1 heterocycles. The van der Waals surface area contributed by atoms with E-state index in [-0.39, 0.29) is 47.3 Å². The van der Waals surface area contributed by atoms with Crippen LogP contribution >= 0.6 is 35.3 Å². The molecule has 0 spiro atoms. The molecule has 1 aromatic heterocycles. The molecule has 1 unspecified atom stereocenters. The Morgan fingerprint density at radius 2 is 2.12 bits per heavy atom. The third-order valence-corrected chi connectivity index (χ3v) is 3.79. The zero-order chi connectivity index (χ0) is 16.9. The second-order valence-electron chi connectivity index (χ2n) is 4.67. The second kappa shape index (κ2) is 9.06. The van der Waals surface area contributed by atoms with Crippen molar-refractivity contribution in [3.8, 4) is 5.75 Å². The first kappa shape index (κ1) is 20.5. The summed E-state index contributed by atoms with van der Waals surface area (Å²) in [7, 11) is 0. The molecule has 0 saturated carbocycles. The van der Waals surface area contributed by atoms with E-state index in [4.69, 9.17) is 5.73 Å². The number of nitrogens with two attached hydrogens (primary N) is 1. The molecule has 24 heavy (non-hydrogen) atoms. The Morgan fingerprint density at radius 3 is 2.75 bits per heavy atom. The van der Waals surface area contributed by atoms with E-state index in [0.29, 0.717) is 6.54 Å². The average Bonchev–Trinajstić information content (AvgIpc) is 2.99. The number of ether oxygens (including phenoxy) is 1. The minimum atomic E-state index is -4.77. The maximum absolute atomic E-state index is 12.4. The summed E-state index contributed by atoms with van der Waals surface area (Å²) in [6.45, 7) is 2.31. The van der Waals surface area contributed by atoms with Crippen molar-refractivity contribution in [3.05, 3.63) is 40.8 Å². The SMILES string of the molecule is CC(CN=C(N)Nc1ccccc1OC(F)(F)F)c1nccs1.I. The van der Waals surface area contributed by atoms with Gasteiger partial charge in [0, 0.05) is 17.5 Å². The van der Waals surface area contributed by atoms with Crippen LogP contribution in [0, 0.1) is 0 Å². The molecular formula is C14H16F3IN4OS. The van der Waals surface area contributed by atoms with Crippen LogP contribution in [0.25, 0.3) is 0 Å². The topological polar surface area (TPSA) is 72.5 Å². The Kier molecular flexibility index (Phi) is 7.73. The number of para-hydroxylation sites is 2. The standard InChI is InChI=1S/C14H15F3N4OS.HI/c1-9(12-19-6-7-23-12)8-20-13(18)21-10-4-2-3-5-11(10)22-14(15,16)17;/h2-7,9H,8H2,1H3,(H3,18,20,21);1H. The van der Waals surface area contributed by atoms with Gasteiger partial charge < -0.3 is 15.8 Å². The molecule has 2 aromatic rings. The zero-order valence-corrected chi connectivity index (χ0v) is 15.7. The summed E-state index contributed by atoms with van der Waals surface area (Å²) >= 11 is 1.51. The third kappa shape index (κ3) is 6.51. The van der Waals surface area contributed by atoms with Crippen molar-refractivity contribution in [2.24, 2.45) is 10.7 Å². The van der Waals surface area contributed by atoms with E-state index < -0.39 is 6.36 Å². The van der Waals surface area contributed by atoms with Crippen LogP contribution in [0.15, 0.2) is 40.8 Å². The van der Waals surface area contributed by atoms with Crippen LogP contribution in [-0.4, -0.2) is 23.9 Å². The van der Waals surface area contributed by atoms with E-state index in [0.717, 1.165) is 5.01 Å². The lowest BCUT2D eigenvalue weighted by Crippen LogP contribution is -2.25. The molecule has 1 atom stereocenters. The smallest absolute Gasteiger partial charge is 0.404 e. The number of rotatable bonds is 5. The molecule has 0 fully saturated rings. The van der Waals surface area contributed by atoms with E-state index in [9.17, 15) is 13.2 Å². The highest BCUT2D eigenvalue weighted by Crippen LogP contribution is 2.29. The summed E-state index contributed by atoms with van der Waals surface area (Å²) in [6, 6.07) is 5.62. The Balaban J connectivity index is 0.00000288. The molecule has 5 nitrogen and oxygen atoms in total. The van der Waals surface area contributed by atoms with E-state index in [1.54, 1.807) is 12.3 Å². The highest BCUT2D eigenvalue weighted by atomic mass is 127. The van der Waals surface area contributed by atoms with Gasteiger partial charge in [0.1, 0.15) is 0 Å². The number of halogens is 4. The minimum absolute atomic E-state index is 0. The van der Waals surface area contributed by atoms with Crippen molar-refractivity contribution in [2.45, 2.75) is 19.2 Å². The van der Waals surface area contributed by atoms with Crippen molar-refractivity contribution < 1.29 is 17.9 Å². The predicted molar refractivity (Wildman–Crippen MR) is 99.2 cm³/mol. The van der Waals surface area contributed by atoms with Crippen LogP contribution in [0.2, 0.25) is 0 Å². The summed E-state index contributed by atoms with van der Waals surface area (Å²) in [6.07, 6.45) is -3.07. The molecule has 1 aromatic carbocycles. The molecular weight excluding hydrogens is 456 g/mol. The number of aromatic nitrogens is 1. The van der Waals surface area contributed by atoms with Gasteiger partial charge in [0.25, 0.3) is 0 Å². The molecule has 0 aliphatic rings. The Labute approximate surface area is 158 Å². The van der Waals surface area contributed by atoms with Crippen LogP contribution in [-0.2, 0) is 0 Å². The molecule has 3 N–H and O–H groups in total. The van der Waals surface area contributed by atoms with E-state index >= 15 is 0 Å². The lowest BCUT2D eigenvalue weighted by molar-refractivity contribution is -0.274. The molecule has 0 aliphatic carbocycles. The van der Waals surface area contributed by atoms with Gasteiger partial charge in [-0.05, 0) is 12.1 Å². The molecule has 0 amide bonds. The molecule has 10 heteroatoms. The average molecular weight is 472 g/mol. The maximum Gasteiger partial charge on any atom is 0.573 e. The van der Waals surface area contributed by atoms with E-state index in [1.807, 2.05) is 12.3 Å². The lowest BCUT2D eigenvalue weighted by atomic mass is 10.2. The van der Waals surface area contributed by atoms with Crippen LogP contribution in [0.4, 0.5) is 18.9 Å². The number of nitrogens with one attached hydrogen (secondary N) is 1. The fourth-order valence-corrected chi connectivity index (χ4v) is 2.44. The van der Waals surface area contributed by atoms with E-state index in [2.05, 4.69) is 20.0 Å². The van der Waals surface area contributed by atoms with Gasteiger partial charge in [-0.15, -0.1) is 48.5 Å². The molecule has 2 rings (SSSR count). The molecule has 0 bridgehead atoms.